The lowest BCUT2D eigenvalue weighted by atomic mass is 10.3. The Morgan fingerprint density at radius 3 is 2.94 bits per heavy atom. The number of methoxy groups -OCH3 is 1. The standard InChI is InChI=1S/C12H17N3O2/c1-17-11-5-3-2-4-10(11)14-12(16)15-7-6-9(13)8-15/h2-5,9H,6-8,13H2,1H3,(H,14,16)/t9-/m1/s1. The van der Waals surface area contributed by atoms with Crippen molar-refractivity contribution in [3.63, 3.8) is 0 Å². The van der Waals surface area contributed by atoms with Gasteiger partial charge in [-0.1, -0.05) is 12.1 Å². The van der Waals surface area contributed by atoms with E-state index in [0.29, 0.717) is 24.5 Å². The number of nitrogens with zero attached hydrogens (tertiary/aromatic N) is 1. The van der Waals surface area contributed by atoms with Crippen molar-refractivity contribution in [3.05, 3.63) is 24.3 Å². The number of hydrogen-bond acceptors (Lipinski definition) is 3. The summed E-state index contributed by atoms with van der Waals surface area (Å²) in [6.45, 7) is 1.32. The van der Waals surface area contributed by atoms with Gasteiger partial charge in [-0.05, 0) is 18.6 Å². The molecular weight excluding hydrogens is 218 g/mol. The summed E-state index contributed by atoms with van der Waals surface area (Å²) in [5, 5.41) is 2.83. The van der Waals surface area contributed by atoms with Gasteiger partial charge in [0.1, 0.15) is 5.75 Å². The van der Waals surface area contributed by atoms with E-state index in [4.69, 9.17) is 10.5 Å². The number of rotatable bonds is 2. The summed E-state index contributed by atoms with van der Waals surface area (Å²) in [5.74, 6) is 0.657. The first-order chi connectivity index (χ1) is 8.20. The maximum absolute atomic E-state index is 11.9. The van der Waals surface area contributed by atoms with E-state index >= 15 is 0 Å². The van der Waals surface area contributed by atoms with Crippen LogP contribution >= 0.6 is 0 Å². The largest absolute Gasteiger partial charge is 0.495 e. The highest BCUT2D eigenvalue weighted by Gasteiger charge is 2.23. The van der Waals surface area contributed by atoms with Gasteiger partial charge in [0.2, 0.25) is 0 Å². The normalized spacial score (nSPS) is 19.2. The monoisotopic (exact) mass is 235 g/mol. The first kappa shape index (κ1) is 11.7. The van der Waals surface area contributed by atoms with Crippen LogP contribution in [0.1, 0.15) is 6.42 Å². The third kappa shape index (κ3) is 2.68. The fraction of sp³-hybridized carbons (Fsp3) is 0.417. The highest BCUT2D eigenvalue weighted by atomic mass is 16.5. The van der Waals surface area contributed by atoms with E-state index in [9.17, 15) is 4.79 Å². The van der Waals surface area contributed by atoms with Gasteiger partial charge < -0.3 is 20.7 Å². The molecule has 1 atom stereocenters. The fourth-order valence-corrected chi connectivity index (χ4v) is 1.91. The molecule has 0 spiro atoms. The van der Waals surface area contributed by atoms with Crippen molar-refractivity contribution < 1.29 is 9.53 Å². The van der Waals surface area contributed by atoms with Gasteiger partial charge in [-0.3, -0.25) is 0 Å². The van der Waals surface area contributed by atoms with Gasteiger partial charge in [-0.2, -0.15) is 0 Å². The van der Waals surface area contributed by atoms with Crippen molar-refractivity contribution in [1.29, 1.82) is 0 Å². The van der Waals surface area contributed by atoms with Crippen molar-refractivity contribution >= 4 is 11.7 Å². The molecule has 0 aliphatic carbocycles. The molecule has 1 aromatic carbocycles. The number of carbonyl (C=O) groups is 1. The van der Waals surface area contributed by atoms with E-state index in [0.717, 1.165) is 6.42 Å². The molecule has 5 nitrogen and oxygen atoms in total. The van der Waals surface area contributed by atoms with Crippen LogP contribution in [0.15, 0.2) is 24.3 Å². The van der Waals surface area contributed by atoms with E-state index in [1.54, 1.807) is 12.0 Å². The number of carbonyl (C=O) groups excluding carboxylic acids is 1. The van der Waals surface area contributed by atoms with Crippen molar-refractivity contribution in [1.82, 2.24) is 4.90 Å². The van der Waals surface area contributed by atoms with E-state index in [1.807, 2.05) is 24.3 Å². The second-order valence-electron chi connectivity index (χ2n) is 4.13. The van der Waals surface area contributed by atoms with Gasteiger partial charge in [0.25, 0.3) is 0 Å². The number of nitrogens with two attached hydrogens (primary N) is 1. The third-order valence-electron chi connectivity index (χ3n) is 2.86. The second kappa shape index (κ2) is 5.05. The maximum Gasteiger partial charge on any atom is 0.322 e. The number of ether oxygens (including phenoxy) is 1. The number of anilines is 1. The molecule has 2 rings (SSSR count). The molecule has 92 valence electrons. The quantitative estimate of drug-likeness (QED) is 0.811. The lowest BCUT2D eigenvalue weighted by molar-refractivity contribution is 0.222. The molecule has 1 aliphatic heterocycles. The van der Waals surface area contributed by atoms with Crippen LogP contribution in [-0.4, -0.2) is 37.2 Å². The number of likely N-dealkylation sites (tertiary alicyclic amines) is 1. The maximum atomic E-state index is 11.9. The summed E-state index contributed by atoms with van der Waals surface area (Å²) in [5.41, 5.74) is 6.45. The molecule has 5 heteroatoms. The Morgan fingerprint density at radius 2 is 2.29 bits per heavy atom. The second-order valence-corrected chi connectivity index (χ2v) is 4.13. The molecule has 0 radical (unpaired) electrons. The topological polar surface area (TPSA) is 67.6 Å². The third-order valence-corrected chi connectivity index (χ3v) is 2.86. The Labute approximate surface area is 101 Å². The summed E-state index contributed by atoms with van der Waals surface area (Å²) in [4.78, 5) is 13.7. The molecule has 1 aliphatic rings. The van der Waals surface area contributed by atoms with Crippen LogP contribution in [0, 0.1) is 0 Å². The smallest absolute Gasteiger partial charge is 0.322 e. The summed E-state index contributed by atoms with van der Waals surface area (Å²) in [6.07, 6.45) is 0.860. The van der Waals surface area contributed by atoms with Crippen LogP contribution in [0.3, 0.4) is 0 Å². The average Bonchev–Trinajstić information content (AvgIpc) is 2.77. The Morgan fingerprint density at radius 1 is 1.53 bits per heavy atom. The van der Waals surface area contributed by atoms with Gasteiger partial charge in [0.05, 0.1) is 12.8 Å². The molecule has 2 amide bonds. The molecule has 0 saturated carbocycles. The highest BCUT2D eigenvalue weighted by molar-refractivity contribution is 5.91. The molecule has 1 heterocycles. The first-order valence-corrected chi connectivity index (χ1v) is 5.65. The minimum Gasteiger partial charge on any atom is -0.495 e. The van der Waals surface area contributed by atoms with Gasteiger partial charge in [-0.15, -0.1) is 0 Å². The van der Waals surface area contributed by atoms with Crippen LogP contribution in [0.25, 0.3) is 0 Å². The van der Waals surface area contributed by atoms with Crippen LogP contribution < -0.4 is 15.8 Å². The molecule has 17 heavy (non-hydrogen) atoms. The minimum absolute atomic E-state index is 0.0958. The van der Waals surface area contributed by atoms with Crippen molar-refractivity contribution in [2.75, 3.05) is 25.5 Å². The van der Waals surface area contributed by atoms with E-state index in [2.05, 4.69) is 5.32 Å². The Hall–Kier alpha value is -1.75. The fourth-order valence-electron chi connectivity index (χ4n) is 1.91. The van der Waals surface area contributed by atoms with Crippen LogP contribution in [0.4, 0.5) is 10.5 Å². The van der Waals surface area contributed by atoms with Gasteiger partial charge >= 0.3 is 6.03 Å². The molecule has 1 saturated heterocycles. The summed E-state index contributed by atoms with van der Waals surface area (Å²) in [7, 11) is 1.58. The number of para-hydroxylation sites is 2. The zero-order valence-corrected chi connectivity index (χ0v) is 9.85. The molecule has 1 fully saturated rings. The van der Waals surface area contributed by atoms with Crippen LogP contribution in [0.2, 0.25) is 0 Å². The predicted octanol–water partition coefficient (Wildman–Crippen LogP) is 1.26. The van der Waals surface area contributed by atoms with Crippen molar-refractivity contribution in [2.24, 2.45) is 5.73 Å². The summed E-state index contributed by atoms with van der Waals surface area (Å²) in [6, 6.07) is 7.31. The van der Waals surface area contributed by atoms with Crippen molar-refractivity contribution in [2.45, 2.75) is 12.5 Å². The zero-order chi connectivity index (χ0) is 12.3. The van der Waals surface area contributed by atoms with E-state index in [-0.39, 0.29) is 12.1 Å². The molecular formula is C12H17N3O2. The number of nitrogens with one attached hydrogen (secondary N) is 1. The molecule has 3 N–H and O–H groups in total. The highest BCUT2D eigenvalue weighted by Crippen LogP contribution is 2.23. The van der Waals surface area contributed by atoms with Gasteiger partial charge in [0.15, 0.2) is 0 Å². The number of urea groups is 1. The number of benzene rings is 1. The minimum atomic E-state index is -0.123. The van der Waals surface area contributed by atoms with Crippen LogP contribution in [-0.2, 0) is 0 Å². The number of hydrogen-bond donors (Lipinski definition) is 2. The number of amides is 2. The molecule has 0 aromatic heterocycles. The lowest BCUT2D eigenvalue weighted by Crippen LogP contribution is -2.35. The Bertz CT molecular complexity index is 408. The lowest BCUT2D eigenvalue weighted by Gasteiger charge is -2.17. The van der Waals surface area contributed by atoms with Crippen LogP contribution in [0.5, 0.6) is 5.75 Å². The molecule has 0 unspecified atom stereocenters. The SMILES string of the molecule is COc1ccccc1NC(=O)N1CC[C@@H](N)C1. The summed E-state index contributed by atoms with van der Waals surface area (Å²) < 4.78 is 5.17. The first-order valence-electron chi connectivity index (χ1n) is 5.65. The zero-order valence-electron chi connectivity index (χ0n) is 9.85. The van der Waals surface area contributed by atoms with Gasteiger partial charge in [0, 0.05) is 19.1 Å². The Balaban J connectivity index is 2.03. The predicted molar refractivity (Wildman–Crippen MR) is 66.2 cm³/mol. The van der Waals surface area contributed by atoms with Gasteiger partial charge in [-0.25, -0.2) is 4.79 Å². The molecule has 0 bridgehead atoms. The average molecular weight is 235 g/mol. The van der Waals surface area contributed by atoms with E-state index < -0.39 is 0 Å². The van der Waals surface area contributed by atoms with E-state index in [1.165, 1.54) is 0 Å². The molecule has 1 aromatic rings. The summed E-state index contributed by atoms with van der Waals surface area (Å²) >= 11 is 0. The Kier molecular flexibility index (Phi) is 3.49. The van der Waals surface area contributed by atoms with Crippen molar-refractivity contribution in [3.8, 4) is 5.75 Å².